The van der Waals surface area contributed by atoms with Gasteiger partial charge in [-0.1, -0.05) is 40.2 Å². The van der Waals surface area contributed by atoms with Gasteiger partial charge in [0.15, 0.2) is 0 Å². The monoisotopic (exact) mass is 491 g/mol. The lowest BCUT2D eigenvalue weighted by atomic mass is 9.44. The number of ketones is 1. The molecule has 0 aliphatic heterocycles. The molecule has 4 fully saturated rings. The summed E-state index contributed by atoms with van der Waals surface area (Å²) in [5.74, 6) is 0.462. The summed E-state index contributed by atoms with van der Waals surface area (Å²) >= 11 is 1.66. The first kappa shape index (κ1) is 26.2. The standard InChI is InChI=1S/C28H45NO4S/c1-6-26(4)15-22(33-23(31)16-34-20-9-7-8-19(29)14-20)27(5)17(2)10-12-28(18(3)25(26)32)13-11-21(30)24(27)28/h6,17-20,22,24-25,32H,1,7-16,29H2,2-5H3/t17?,18-,19?,20?,22+,24?,25?,26+,27+,28?/m0/s1. The first-order valence-electron chi connectivity index (χ1n) is 13.4. The highest BCUT2D eigenvalue weighted by Gasteiger charge is 2.68. The number of esters is 1. The summed E-state index contributed by atoms with van der Waals surface area (Å²) in [4.78, 5) is 26.7. The number of nitrogens with two attached hydrogens (primary N) is 1. The molecule has 4 rings (SSSR count). The molecule has 0 radical (unpaired) electrons. The molecule has 2 bridgehead atoms. The van der Waals surface area contributed by atoms with Gasteiger partial charge in [-0.15, -0.1) is 18.3 Å². The van der Waals surface area contributed by atoms with E-state index in [-0.39, 0.29) is 35.2 Å². The van der Waals surface area contributed by atoms with Crippen molar-refractivity contribution >= 4 is 23.5 Å². The number of aliphatic hydroxyl groups is 1. The predicted molar refractivity (Wildman–Crippen MR) is 137 cm³/mol. The van der Waals surface area contributed by atoms with Gasteiger partial charge in [-0.3, -0.25) is 9.59 Å². The zero-order valence-corrected chi connectivity index (χ0v) is 22.4. The molecule has 4 saturated carbocycles. The molecule has 0 saturated heterocycles. The van der Waals surface area contributed by atoms with E-state index in [1.807, 2.05) is 13.0 Å². The number of thioether (sulfide) groups is 1. The first-order valence-corrected chi connectivity index (χ1v) is 14.4. The number of carbonyl (C=O) groups is 2. The summed E-state index contributed by atoms with van der Waals surface area (Å²) < 4.78 is 6.34. The third kappa shape index (κ3) is 4.20. The van der Waals surface area contributed by atoms with E-state index in [0.717, 1.165) is 44.9 Å². The van der Waals surface area contributed by atoms with E-state index in [0.29, 0.717) is 29.6 Å². The molecule has 0 spiro atoms. The van der Waals surface area contributed by atoms with Crippen LogP contribution in [0.4, 0.5) is 0 Å². The Kier molecular flexibility index (Phi) is 7.37. The highest BCUT2D eigenvalue weighted by atomic mass is 32.2. The fourth-order valence-corrected chi connectivity index (χ4v) is 9.37. The maximum absolute atomic E-state index is 13.5. The molecule has 192 valence electrons. The van der Waals surface area contributed by atoms with Crippen molar-refractivity contribution in [3.05, 3.63) is 12.7 Å². The number of Topliss-reactive ketones (excluding diaryl/α,β-unsaturated/α-hetero) is 1. The van der Waals surface area contributed by atoms with E-state index < -0.39 is 23.0 Å². The van der Waals surface area contributed by atoms with Crippen LogP contribution in [0.2, 0.25) is 0 Å². The fraction of sp³-hybridized carbons (Fsp3) is 0.857. The third-order valence-electron chi connectivity index (χ3n) is 10.7. The van der Waals surface area contributed by atoms with E-state index in [9.17, 15) is 14.7 Å². The van der Waals surface area contributed by atoms with E-state index in [4.69, 9.17) is 10.5 Å². The van der Waals surface area contributed by atoms with E-state index >= 15 is 0 Å². The quantitative estimate of drug-likeness (QED) is 0.420. The molecule has 0 amide bonds. The number of carbonyl (C=O) groups excluding carboxylic acids is 2. The van der Waals surface area contributed by atoms with Gasteiger partial charge in [0.1, 0.15) is 11.9 Å². The van der Waals surface area contributed by atoms with Crippen molar-refractivity contribution in [1.82, 2.24) is 0 Å². The van der Waals surface area contributed by atoms with Crippen molar-refractivity contribution in [3.63, 3.8) is 0 Å². The minimum absolute atomic E-state index is 0.0125. The molecule has 5 nitrogen and oxygen atoms in total. The van der Waals surface area contributed by atoms with Crippen molar-refractivity contribution in [2.24, 2.45) is 39.7 Å². The maximum atomic E-state index is 13.5. The van der Waals surface area contributed by atoms with E-state index in [2.05, 4.69) is 27.4 Å². The molecule has 0 aromatic rings. The Morgan fingerprint density at radius 1 is 1.26 bits per heavy atom. The Balaban J connectivity index is 1.63. The summed E-state index contributed by atoms with van der Waals surface area (Å²) in [6.45, 7) is 12.7. The number of hydrogen-bond acceptors (Lipinski definition) is 6. The first-order chi connectivity index (χ1) is 16.0. The molecular formula is C28H45NO4S. The van der Waals surface area contributed by atoms with Crippen LogP contribution in [0.5, 0.6) is 0 Å². The molecule has 4 aliphatic rings. The van der Waals surface area contributed by atoms with Gasteiger partial charge in [0.2, 0.25) is 0 Å². The third-order valence-corrected chi connectivity index (χ3v) is 12.0. The number of ether oxygens (including phenoxy) is 1. The number of aliphatic hydroxyl groups excluding tert-OH is 1. The summed E-state index contributed by atoms with van der Waals surface area (Å²) in [5, 5.41) is 12.0. The molecule has 0 aromatic heterocycles. The predicted octanol–water partition coefficient (Wildman–Crippen LogP) is 4.90. The second-order valence-electron chi connectivity index (χ2n) is 12.4. The Morgan fingerprint density at radius 3 is 2.68 bits per heavy atom. The Bertz CT molecular complexity index is 818. The normalized spacial score (nSPS) is 49.0. The maximum Gasteiger partial charge on any atom is 0.316 e. The lowest BCUT2D eigenvalue weighted by Gasteiger charge is -2.61. The molecule has 0 aromatic carbocycles. The lowest BCUT2D eigenvalue weighted by Crippen LogP contribution is -2.63. The van der Waals surface area contributed by atoms with Crippen LogP contribution < -0.4 is 5.73 Å². The summed E-state index contributed by atoms with van der Waals surface area (Å²) in [6.07, 6.45) is 8.85. The highest BCUT2D eigenvalue weighted by molar-refractivity contribution is 8.00. The Labute approximate surface area is 210 Å². The van der Waals surface area contributed by atoms with Gasteiger partial charge in [0.05, 0.1) is 11.9 Å². The second kappa shape index (κ2) is 9.55. The lowest BCUT2D eigenvalue weighted by molar-refractivity contribution is -0.205. The van der Waals surface area contributed by atoms with Crippen molar-refractivity contribution in [1.29, 1.82) is 0 Å². The van der Waals surface area contributed by atoms with Crippen LogP contribution in [-0.2, 0) is 14.3 Å². The Hall–Kier alpha value is -0.850. The molecule has 6 heteroatoms. The van der Waals surface area contributed by atoms with Crippen LogP contribution >= 0.6 is 11.8 Å². The second-order valence-corrected chi connectivity index (χ2v) is 13.7. The summed E-state index contributed by atoms with van der Waals surface area (Å²) in [6, 6.07) is 0.230. The molecule has 4 aliphatic carbocycles. The van der Waals surface area contributed by atoms with Crippen LogP contribution in [0.3, 0.4) is 0 Å². The van der Waals surface area contributed by atoms with Gasteiger partial charge in [-0.25, -0.2) is 0 Å². The number of rotatable bonds is 5. The van der Waals surface area contributed by atoms with Gasteiger partial charge in [0, 0.05) is 34.5 Å². The summed E-state index contributed by atoms with van der Waals surface area (Å²) in [7, 11) is 0. The van der Waals surface area contributed by atoms with Gasteiger partial charge >= 0.3 is 5.97 Å². The molecule has 34 heavy (non-hydrogen) atoms. The van der Waals surface area contributed by atoms with Crippen molar-refractivity contribution < 1.29 is 19.4 Å². The largest absolute Gasteiger partial charge is 0.461 e. The van der Waals surface area contributed by atoms with Gasteiger partial charge in [-0.05, 0) is 62.2 Å². The molecule has 6 unspecified atom stereocenters. The van der Waals surface area contributed by atoms with Crippen LogP contribution in [-0.4, -0.2) is 46.1 Å². The van der Waals surface area contributed by atoms with Crippen LogP contribution in [0.1, 0.15) is 85.5 Å². The zero-order chi connectivity index (χ0) is 24.9. The van der Waals surface area contributed by atoms with E-state index in [1.54, 1.807) is 11.8 Å². The SMILES string of the molecule is C=C[C@]1(C)C[C@@H](OC(=O)CSC2CCCC(N)C2)[C@@]2(C)C(C)CCC3(CCC(=O)C32)[C@@H](C)C1O. The molecule has 0 heterocycles. The van der Waals surface area contributed by atoms with Crippen LogP contribution in [0.15, 0.2) is 12.7 Å². The average molecular weight is 492 g/mol. The van der Waals surface area contributed by atoms with Gasteiger partial charge in [0.25, 0.3) is 0 Å². The smallest absolute Gasteiger partial charge is 0.316 e. The number of hydrogen-bond donors (Lipinski definition) is 2. The average Bonchev–Trinajstić information content (AvgIpc) is 3.16. The van der Waals surface area contributed by atoms with Crippen molar-refractivity contribution in [2.45, 2.75) is 109 Å². The minimum atomic E-state index is -0.629. The molecule has 3 N–H and O–H groups in total. The Morgan fingerprint density at radius 2 is 2.00 bits per heavy atom. The van der Waals surface area contributed by atoms with Crippen molar-refractivity contribution in [3.8, 4) is 0 Å². The fourth-order valence-electron chi connectivity index (χ4n) is 8.21. The van der Waals surface area contributed by atoms with E-state index in [1.165, 1.54) is 0 Å². The van der Waals surface area contributed by atoms with Gasteiger partial charge in [-0.2, -0.15) is 0 Å². The molecule has 10 atom stereocenters. The molecular weight excluding hydrogens is 446 g/mol. The zero-order valence-electron chi connectivity index (χ0n) is 21.6. The highest BCUT2D eigenvalue weighted by Crippen LogP contribution is 2.68. The van der Waals surface area contributed by atoms with Crippen LogP contribution in [0, 0.1) is 34.0 Å². The minimum Gasteiger partial charge on any atom is -0.461 e. The van der Waals surface area contributed by atoms with Crippen molar-refractivity contribution in [2.75, 3.05) is 5.75 Å². The topological polar surface area (TPSA) is 89.6 Å². The van der Waals surface area contributed by atoms with Crippen LogP contribution in [0.25, 0.3) is 0 Å². The summed E-state index contributed by atoms with van der Waals surface area (Å²) in [5.41, 5.74) is 4.87. The van der Waals surface area contributed by atoms with Gasteiger partial charge < -0.3 is 15.6 Å².